The maximum atomic E-state index is 6.02. The van der Waals surface area contributed by atoms with E-state index in [9.17, 15) is 0 Å². The van der Waals surface area contributed by atoms with Crippen molar-refractivity contribution in [2.45, 2.75) is 58.0 Å². The fraction of sp³-hybridized carbons (Fsp3) is 1.00. The minimum atomic E-state index is 0.536. The fourth-order valence-electron chi connectivity index (χ4n) is 3.30. The van der Waals surface area contributed by atoms with Gasteiger partial charge in [-0.1, -0.05) is 13.8 Å². The molecule has 15 heavy (non-hydrogen) atoms. The molecule has 0 bridgehead atoms. The molecule has 2 heteroatoms. The van der Waals surface area contributed by atoms with Crippen LogP contribution in [0, 0.1) is 11.3 Å². The number of nitrogens with zero attached hydrogens (tertiary/aromatic N) is 1. The Kier molecular flexibility index (Phi) is 3.09. The summed E-state index contributed by atoms with van der Waals surface area (Å²) in [6.07, 6.45) is 6.80. The van der Waals surface area contributed by atoms with Gasteiger partial charge in [-0.15, -0.1) is 0 Å². The predicted molar refractivity (Wildman–Crippen MR) is 64.7 cm³/mol. The summed E-state index contributed by atoms with van der Waals surface area (Å²) in [4.78, 5) is 2.56. The van der Waals surface area contributed by atoms with E-state index in [4.69, 9.17) is 5.73 Å². The van der Waals surface area contributed by atoms with Crippen LogP contribution in [0.4, 0.5) is 0 Å². The Morgan fingerprint density at radius 2 is 1.87 bits per heavy atom. The van der Waals surface area contributed by atoms with Crippen LogP contribution in [0.25, 0.3) is 0 Å². The number of nitrogens with two attached hydrogens (primary N) is 1. The van der Waals surface area contributed by atoms with Gasteiger partial charge in [0.25, 0.3) is 0 Å². The van der Waals surface area contributed by atoms with Crippen LogP contribution in [0.3, 0.4) is 0 Å². The molecule has 2 aliphatic carbocycles. The average Bonchev–Trinajstić information content (AvgIpc) is 2.76. The summed E-state index contributed by atoms with van der Waals surface area (Å²) in [6.45, 7) is 5.85. The Hall–Kier alpha value is -0.0800. The lowest BCUT2D eigenvalue weighted by Crippen LogP contribution is -2.38. The van der Waals surface area contributed by atoms with Crippen molar-refractivity contribution in [2.24, 2.45) is 17.1 Å². The second-order valence-corrected chi connectivity index (χ2v) is 6.24. The van der Waals surface area contributed by atoms with Crippen LogP contribution in [-0.4, -0.2) is 30.6 Å². The van der Waals surface area contributed by atoms with Crippen LogP contribution in [0.2, 0.25) is 0 Å². The largest absolute Gasteiger partial charge is 0.327 e. The third kappa shape index (κ3) is 2.36. The van der Waals surface area contributed by atoms with E-state index < -0.39 is 0 Å². The highest BCUT2D eigenvalue weighted by molar-refractivity contribution is 5.08. The molecular weight excluding hydrogens is 184 g/mol. The molecule has 1 atom stereocenters. The maximum absolute atomic E-state index is 6.02. The molecule has 0 amide bonds. The number of hydrogen-bond acceptors (Lipinski definition) is 2. The van der Waals surface area contributed by atoms with Crippen molar-refractivity contribution >= 4 is 0 Å². The highest BCUT2D eigenvalue weighted by atomic mass is 15.1. The van der Waals surface area contributed by atoms with Crippen molar-refractivity contribution in [2.75, 3.05) is 13.6 Å². The van der Waals surface area contributed by atoms with Gasteiger partial charge in [-0.3, -0.25) is 0 Å². The first-order chi connectivity index (χ1) is 7.03. The molecule has 2 nitrogen and oxygen atoms in total. The summed E-state index contributed by atoms with van der Waals surface area (Å²) in [5, 5.41) is 0. The van der Waals surface area contributed by atoms with E-state index in [0.717, 1.165) is 12.0 Å². The smallest absolute Gasteiger partial charge is 0.0102 e. The summed E-state index contributed by atoms with van der Waals surface area (Å²) in [6, 6.07) is 1.36. The third-order valence-corrected chi connectivity index (χ3v) is 4.48. The normalized spacial score (nSPS) is 40.4. The van der Waals surface area contributed by atoms with Gasteiger partial charge in [-0.05, 0) is 50.5 Å². The van der Waals surface area contributed by atoms with Crippen molar-refractivity contribution in [3.8, 4) is 0 Å². The van der Waals surface area contributed by atoms with E-state index in [1.54, 1.807) is 0 Å². The molecule has 1 spiro atoms. The lowest BCUT2D eigenvalue weighted by molar-refractivity contribution is 0.143. The minimum Gasteiger partial charge on any atom is -0.327 e. The Bertz CT molecular complexity index is 217. The monoisotopic (exact) mass is 210 g/mol. The average molecular weight is 210 g/mol. The van der Waals surface area contributed by atoms with Crippen molar-refractivity contribution in [3.63, 3.8) is 0 Å². The second-order valence-electron chi connectivity index (χ2n) is 6.24. The first-order valence-electron chi connectivity index (χ1n) is 6.49. The Balaban J connectivity index is 1.78. The first-order valence-corrected chi connectivity index (χ1v) is 6.49. The molecular formula is C13H26N2. The van der Waals surface area contributed by atoms with E-state index >= 15 is 0 Å². The Morgan fingerprint density at radius 3 is 2.27 bits per heavy atom. The Labute approximate surface area is 94.2 Å². The van der Waals surface area contributed by atoms with Gasteiger partial charge in [0.05, 0.1) is 0 Å². The van der Waals surface area contributed by atoms with Gasteiger partial charge < -0.3 is 10.6 Å². The molecule has 2 fully saturated rings. The van der Waals surface area contributed by atoms with Gasteiger partial charge in [-0.2, -0.15) is 0 Å². The summed E-state index contributed by atoms with van der Waals surface area (Å²) in [5.74, 6) is 0.786. The highest BCUT2D eigenvalue weighted by Crippen LogP contribution is 2.55. The summed E-state index contributed by atoms with van der Waals surface area (Å²) in [7, 11) is 2.29. The molecule has 2 rings (SSSR count). The van der Waals surface area contributed by atoms with E-state index in [-0.39, 0.29) is 0 Å². The van der Waals surface area contributed by atoms with Crippen molar-refractivity contribution in [1.82, 2.24) is 4.90 Å². The van der Waals surface area contributed by atoms with Crippen LogP contribution in [0.1, 0.15) is 46.0 Å². The highest BCUT2D eigenvalue weighted by Gasteiger charge is 2.52. The topological polar surface area (TPSA) is 29.3 Å². The molecule has 2 saturated carbocycles. The van der Waals surface area contributed by atoms with Crippen LogP contribution in [-0.2, 0) is 0 Å². The van der Waals surface area contributed by atoms with Crippen molar-refractivity contribution < 1.29 is 0 Å². The standard InChI is InChI=1S/C13H26N2/c1-10(2)9-15(3)11-4-6-13(7-5-11)8-12(13)14/h10-12H,4-9,14H2,1-3H3. The first kappa shape index (κ1) is 11.4. The molecule has 88 valence electrons. The van der Waals surface area contributed by atoms with Crippen LogP contribution in [0.15, 0.2) is 0 Å². The van der Waals surface area contributed by atoms with Crippen molar-refractivity contribution in [1.29, 1.82) is 0 Å². The lowest BCUT2D eigenvalue weighted by atomic mass is 9.82. The van der Waals surface area contributed by atoms with Gasteiger partial charge >= 0.3 is 0 Å². The molecule has 0 aromatic carbocycles. The minimum absolute atomic E-state index is 0.536. The molecule has 0 aromatic rings. The molecule has 2 aliphatic rings. The third-order valence-electron chi connectivity index (χ3n) is 4.48. The molecule has 2 N–H and O–H groups in total. The predicted octanol–water partition coefficient (Wildman–Crippen LogP) is 2.23. The van der Waals surface area contributed by atoms with Gasteiger partial charge in [0.2, 0.25) is 0 Å². The summed E-state index contributed by atoms with van der Waals surface area (Å²) in [5.41, 5.74) is 6.61. The maximum Gasteiger partial charge on any atom is 0.0102 e. The quantitative estimate of drug-likeness (QED) is 0.774. The SMILES string of the molecule is CC(C)CN(C)C1CCC2(CC1)CC2N. The molecule has 0 saturated heterocycles. The zero-order valence-electron chi connectivity index (χ0n) is 10.5. The zero-order chi connectivity index (χ0) is 11.1. The van der Waals surface area contributed by atoms with E-state index in [1.165, 1.54) is 38.6 Å². The van der Waals surface area contributed by atoms with Crippen LogP contribution < -0.4 is 5.73 Å². The molecule has 0 aromatic heterocycles. The summed E-state index contributed by atoms with van der Waals surface area (Å²) < 4.78 is 0. The molecule has 1 unspecified atom stereocenters. The van der Waals surface area contributed by atoms with Gasteiger partial charge in [0.15, 0.2) is 0 Å². The van der Waals surface area contributed by atoms with E-state index in [2.05, 4.69) is 25.8 Å². The van der Waals surface area contributed by atoms with Crippen molar-refractivity contribution in [3.05, 3.63) is 0 Å². The second kappa shape index (κ2) is 4.06. The zero-order valence-corrected chi connectivity index (χ0v) is 10.5. The number of rotatable bonds is 3. The van der Waals surface area contributed by atoms with E-state index in [1.807, 2.05) is 0 Å². The lowest BCUT2D eigenvalue weighted by Gasteiger charge is -2.36. The van der Waals surface area contributed by atoms with Gasteiger partial charge in [-0.25, -0.2) is 0 Å². The fourth-order valence-corrected chi connectivity index (χ4v) is 3.30. The molecule has 0 aliphatic heterocycles. The number of hydrogen-bond donors (Lipinski definition) is 1. The van der Waals surface area contributed by atoms with Gasteiger partial charge in [0, 0.05) is 18.6 Å². The van der Waals surface area contributed by atoms with Gasteiger partial charge in [0.1, 0.15) is 0 Å². The molecule has 0 radical (unpaired) electrons. The van der Waals surface area contributed by atoms with Crippen LogP contribution >= 0.6 is 0 Å². The summed E-state index contributed by atoms with van der Waals surface area (Å²) >= 11 is 0. The Morgan fingerprint density at radius 1 is 1.33 bits per heavy atom. The van der Waals surface area contributed by atoms with E-state index in [0.29, 0.717) is 11.5 Å². The van der Waals surface area contributed by atoms with Crippen LogP contribution in [0.5, 0.6) is 0 Å². The molecule has 0 heterocycles.